The molecule has 0 aliphatic rings. The smallest absolute Gasteiger partial charge is 0.230 e. The summed E-state index contributed by atoms with van der Waals surface area (Å²) in [6.45, 7) is 2.25. The standard InChI is InChI=1S/C11H23BrOS/c1-2-3-4-5-6-7-8-9-10-11-14(12)13/h2-11H2,1H3. The molecule has 0 heterocycles. The van der Waals surface area contributed by atoms with Crippen molar-refractivity contribution in [1.82, 2.24) is 0 Å². The maximum absolute atomic E-state index is 10.7. The van der Waals surface area contributed by atoms with Crippen molar-refractivity contribution in [2.24, 2.45) is 0 Å². The Hall–Kier alpha value is 0.790. The molecule has 0 aromatic rings. The zero-order valence-corrected chi connectivity index (χ0v) is 11.7. The van der Waals surface area contributed by atoms with Crippen LogP contribution in [0.25, 0.3) is 0 Å². The molecule has 0 rings (SSSR count). The second-order valence-electron chi connectivity index (χ2n) is 3.82. The zero-order valence-electron chi connectivity index (χ0n) is 9.27. The maximum Gasteiger partial charge on any atom is 0.230 e. The first-order chi connectivity index (χ1) is 6.77. The van der Waals surface area contributed by atoms with E-state index < -0.39 is 9.61 Å². The van der Waals surface area contributed by atoms with Gasteiger partial charge < -0.3 is 4.55 Å². The summed E-state index contributed by atoms with van der Waals surface area (Å²) in [6, 6.07) is 0. The topological polar surface area (TPSA) is 23.1 Å². The molecular weight excluding hydrogens is 260 g/mol. The molecule has 0 saturated heterocycles. The van der Waals surface area contributed by atoms with E-state index in [1.165, 1.54) is 51.4 Å². The van der Waals surface area contributed by atoms with Crippen LogP contribution in [0.1, 0.15) is 64.7 Å². The average Bonchev–Trinajstić information content (AvgIpc) is 2.15. The molecule has 0 spiro atoms. The van der Waals surface area contributed by atoms with Crippen LogP contribution in [0.15, 0.2) is 0 Å². The van der Waals surface area contributed by atoms with E-state index in [9.17, 15) is 4.55 Å². The molecule has 0 aliphatic carbocycles. The fraction of sp³-hybridized carbons (Fsp3) is 1.00. The van der Waals surface area contributed by atoms with Gasteiger partial charge in [-0.05, 0) is 12.8 Å². The van der Waals surface area contributed by atoms with Crippen molar-refractivity contribution in [3.8, 4) is 0 Å². The quantitative estimate of drug-likeness (QED) is 0.425. The van der Waals surface area contributed by atoms with Gasteiger partial charge in [0.25, 0.3) is 0 Å². The van der Waals surface area contributed by atoms with Crippen LogP contribution in [-0.2, 0) is 9.61 Å². The minimum atomic E-state index is -0.765. The van der Waals surface area contributed by atoms with Gasteiger partial charge >= 0.3 is 0 Å². The van der Waals surface area contributed by atoms with E-state index in [-0.39, 0.29) is 0 Å². The van der Waals surface area contributed by atoms with E-state index in [2.05, 4.69) is 21.7 Å². The summed E-state index contributed by atoms with van der Waals surface area (Å²) < 4.78 is 10.7. The Labute approximate surface area is 99.4 Å². The van der Waals surface area contributed by atoms with Gasteiger partial charge in [0.2, 0.25) is 14.8 Å². The van der Waals surface area contributed by atoms with Crippen LogP contribution in [0.4, 0.5) is 0 Å². The lowest BCUT2D eigenvalue weighted by atomic mass is 10.1. The zero-order chi connectivity index (χ0) is 10.6. The van der Waals surface area contributed by atoms with Crippen LogP contribution < -0.4 is 0 Å². The molecule has 0 amide bonds. The summed E-state index contributed by atoms with van der Waals surface area (Å²) >= 11 is 3.06. The molecule has 0 saturated carbocycles. The van der Waals surface area contributed by atoms with Crippen molar-refractivity contribution in [3.63, 3.8) is 0 Å². The summed E-state index contributed by atoms with van der Waals surface area (Å²) in [5, 5.41) is 0. The molecule has 0 radical (unpaired) electrons. The first-order valence-corrected chi connectivity index (χ1v) is 8.98. The van der Waals surface area contributed by atoms with Gasteiger partial charge in [-0.3, -0.25) is 0 Å². The molecule has 1 nitrogen and oxygen atoms in total. The highest BCUT2D eigenvalue weighted by Crippen LogP contribution is 2.11. The van der Waals surface area contributed by atoms with E-state index in [1.54, 1.807) is 0 Å². The van der Waals surface area contributed by atoms with Gasteiger partial charge in [0.1, 0.15) is 5.75 Å². The molecule has 0 aromatic heterocycles. The van der Waals surface area contributed by atoms with Gasteiger partial charge in [0.05, 0.1) is 0 Å². The lowest BCUT2D eigenvalue weighted by Gasteiger charge is -2.02. The van der Waals surface area contributed by atoms with Crippen molar-refractivity contribution in [2.45, 2.75) is 64.7 Å². The minimum absolute atomic E-state index is 0.765. The fourth-order valence-electron chi connectivity index (χ4n) is 1.53. The van der Waals surface area contributed by atoms with Gasteiger partial charge in [-0.1, -0.05) is 51.9 Å². The number of halogens is 1. The summed E-state index contributed by atoms with van der Waals surface area (Å²) in [7, 11) is -0.765. The lowest BCUT2D eigenvalue weighted by molar-refractivity contribution is 0.568. The summed E-state index contributed by atoms with van der Waals surface area (Å²) in [5.41, 5.74) is 0. The normalized spacial score (nSPS) is 13.1. The first-order valence-electron chi connectivity index (χ1n) is 5.82. The Morgan fingerprint density at radius 2 is 1.29 bits per heavy atom. The van der Waals surface area contributed by atoms with Gasteiger partial charge in [0.15, 0.2) is 0 Å². The van der Waals surface area contributed by atoms with Crippen molar-refractivity contribution < 1.29 is 4.55 Å². The Morgan fingerprint density at radius 3 is 1.71 bits per heavy atom. The van der Waals surface area contributed by atoms with E-state index in [1.807, 2.05) is 0 Å². The lowest BCUT2D eigenvalue weighted by Crippen LogP contribution is -1.95. The van der Waals surface area contributed by atoms with Crippen molar-refractivity contribution in [1.29, 1.82) is 0 Å². The van der Waals surface area contributed by atoms with Crippen LogP contribution in [0.5, 0.6) is 0 Å². The molecule has 0 aliphatic heterocycles. The van der Waals surface area contributed by atoms with E-state index >= 15 is 0 Å². The highest BCUT2D eigenvalue weighted by molar-refractivity contribution is 9.47. The van der Waals surface area contributed by atoms with E-state index in [4.69, 9.17) is 0 Å². The molecule has 3 heteroatoms. The molecule has 86 valence electrons. The Kier molecular flexibility index (Phi) is 12.5. The highest BCUT2D eigenvalue weighted by atomic mass is 79.9. The maximum atomic E-state index is 10.7. The second kappa shape index (κ2) is 11.9. The third-order valence-electron chi connectivity index (χ3n) is 2.41. The molecule has 0 N–H and O–H groups in total. The van der Waals surface area contributed by atoms with Crippen LogP contribution >= 0.6 is 14.8 Å². The predicted octanol–water partition coefficient (Wildman–Crippen LogP) is 4.58. The number of rotatable bonds is 10. The van der Waals surface area contributed by atoms with Gasteiger partial charge in [-0.2, -0.15) is 0 Å². The predicted molar refractivity (Wildman–Crippen MR) is 69.2 cm³/mol. The minimum Gasteiger partial charge on any atom is -0.606 e. The third kappa shape index (κ3) is 12.8. The Morgan fingerprint density at radius 1 is 0.857 bits per heavy atom. The molecule has 1 unspecified atom stereocenters. The Bertz CT molecular complexity index is 109. The van der Waals surface area contributed by atoms with Crippen molar-refractivity contribution in [3.05, 3.63) is 0 Å². The van der Waals surface area contributed by atoms with Crippen molar-refractivity contribution in [2.75, 3.05) is 5.75 Å². The molecule has 14 heavy (non-hydrogen) atoms. The number of hydrogen-bond donors (Lipinski definition) is 0. The van der Waals surface area contributed by atoms with Crippen LogP contribution in [0, 0.1) is 0 Å². The SMILES string of the molecule is CCCCCCCCCCC[S+]([O-])Br. The Balaban J connectivity index is 2.85. The van der Waals surface area contributed by atoms with Crippen molar-refractivity contribution >= 4 is 24.4 Å². The molecular formula is C11H23BrOS. The summed E-state index contributed by atoms with van der Waals surface area (Å²) in [5.74, 6) is 0.815. The van der Waals surface area contributed by atoms with Gasteiger partial charge in [-0.15, -0.1) is 0 Å². The highest BCUT2D eigenvalue weighted by Gasteiger charge is 1.99. The number of unbranched alkanes of at least 4 members (excludes halogenated alkanes) is 8. The molecule has 0 aromatic carbocycles. The van der Waals surface area contributed by atoms with Gasteiger partial charge in [-0.25, -0.2) is 0 Å². The average molecular weight is 283 g/mol. The van der Waals surface area contributed by atoms with Crippen LogP contribution in [-0.4, -0.2) is 10.3 Å². The van der Waals surface area contributed by atoms with E-state index in [0.29, 0.717) is 0 Å². The first kappa shape index (κ1) is 14.8. The largest absolute Gasteiger partial charge is 0.606 e. The molecule has 1 atom stereocenters. The monoisotopic (exact) mass is 282 g/mol. The van der Waals surface area contributed by atoms with Gasteiger partial charge in [0, 0.05) is 9.61 Å². The summed E-state index contributed by atoms with van der Waals surface area (Å²) in [6.07, 6.45) is 11.9. The number of hydrogen-bond acceptors (Lipinski definition) is 1. The molecule has 0 bridgehead atoms. The third-order valence-corrected chi connectivity index (χ3v) is 3.99. The second-order valence-corrected chi connectivity index (χ2v) is 6.98. The molecule has 0 fully saturated rings. The van der Waals surface area contributed by atoms with Crippen LogP contribution in [0.3, 0.4) is 0 Å². The van der Waals surface area contributed by atoms with Crippen LogP contribution in [0.2, 0.25) is 0 Å². The van der Waals surface area contributed by atoms with E-state index in [0.717, 1.165) is 12.2 Å². The summed E-state index contributed by atoms with van der Waals surface area (Å²) in [4.78, 5) is 0. The fourth-order valence-corrected chi connectivity index (χ4v) is 2.64.